The molecule has 0 aromatic carbocycles. The molecule has 1 aliphatic heterocycles. The summed E-state index contributed by atoms with van der Waals surface area (Å²) in [6.07, 6.45) is 1.17. The van der Waals surface area contributed by atoms with Crippen molar-refractivity contribution in [1.29, 1.82) is 0 Å². The first-order chi connectivity index (χ1) is 6.79. The molecule has 2 rings (SSSR count). The summed E-state index contributed by atoms with van der Waals surface area (Å²) in [6.45, 7) is 5.69. The van der Waals surface area contributed by atoms with Gasteiger partial charge in [-0.3, -0.25) is 0 Å². The van der Waals surface area contributed by atoms with Gasteiger partial charge in [-0.15, -0.1) is 23.1 Å². The molecule has 0 radical (unpaired) electrons. The van der Waals surface area contributed by atoms with Crippen LogP contribution >= 0.6 is 23.1 Å². The summed E-state index contributed by atoms with van der Waals surface area (Å²) in [4.78, 5) is 3.00. The smallest absolute Gasteiger partial charge is 0.0882 e. The Labute approximate surface area is 94.3 Å². The van der Waals surface area contributed by atoms with Gasteiger partial charge in [-0.2, -0.15) is 0 Å². The number of hydrogen-bond acceptors (Lipinski definition) is 3. The topological polar surface area (TPSA) is 12.0 Å². The van der Waals surface area contributed by atoms with Crippen molar-refractivity contribution in [2.45, 2.75) is 25.6 Å². The summed E-state index contributed by atoms with van der Waals surface area (Å²) in [6, 6.07) is 4.55. The number of thioether (sulfide) groups is 1. The molecule has 1 fully saturated rings. The van der Waals surface area contributed by atoms with Crippen LogP contribution in [0.2, 0.25) is 0 Å². The van der Waals surface area contributed by atoms with Gasteiger partial charge in [0.15, 0.2) is 0 Å². The van der Waals surface area contributed by atoms with Gasteiger partial charge >= 0.3 is 0 Å². The number of aryl methyl sites for hydroxylation is 1. The van der Waals surface area contributed by atoms with Crippen LogP contribution in [0.1, 0.15) is 29.0 Å². The normalized spacial score (nSPS) is 27.9. The molecule has 0 bridgehead atoms. The summed E-state index contributed by atoms with van der Waals surface area (Å²) in [5, 5.41) is 4.15. The molecule has 2 heterocycles. The Balaban J connectivity index is 2.01. The van der Waals surface area contributed by atoms with Crippen molar-refractivity contribution in [2.24, 2.45) is 5.92 Å². The number of nitrogens with one attached hydrogen (secondary N) is 1. The molecule has 1 nitrogen and oxygen atoms in total. The lowest BCUT2D eigenvalue weighted by Crippen LogP contribution is -2.30. The predicted octanol–water partition coefficient (Wildman–Crippen LogP) is 3.28. The molecule has 78 valence electrons. The first-order valence-electron chi connectivity index (χ1n) is 5.23. The fraction of sp³-hybridized carbons (Fsp3) is 0.636. The maximum Gasteiger partial charge on any atom is 0.0882 e. The standard InChI is InChI=1S/C11H17NS2/c1-3-9-4-5-10(14-9)11-12-6-8(2)7-13-11/h4-5,8,11-12H,3,6-7H2,1-2H3. The molecule has 2 atom stereocenters. The van der Waals surface area contributed by atoms with Gasteiger partial charge in [0.1, 0.15) is 0 Å². The van der Waals surface area contributed by atoms with Crippen LogP contribution in [0.3, 0.4) is 0 Å². The van der Waals surface area contributed by atoms with Crippen LogP contribution in [0.5, 0.6) is 0 Å². The summed E-state index contributed by atoms with van der Waals surface area (Å²) in [7, 11) is 0. The number of hydrogen-bond donors (Lipinski definition) is 1. The van der Waals surface area contributed by atoms with E-state index in [1.54, 1.807) is 0 Å². The van der Waals surface area contributed by atoms with Gasteiger partial charge in [0.05, 0.1) is 5.37 Å². The molecule has 1 saturated heterocycles. The zero-order chi connectivity index (χ0) is 9.97. The van der Waals surface area contributed by atoms with Crippen molar-refractivity contribution in [3.8, 4) is 0 Å². The van der Waals surface area contributed by atoms with Crippen molar-refractivity contribution < 1.29 is 0 Å². The van der Waals surface area contributed by atoms with E-state index in [0.717, 1.165) is 12.5 Å². The molecule has 1 aromatic rings. The Hall–Kier alpha value is 0.01000. The van der Waals surface area contributed by atoms with Gasteiger partial charge in [0.2, 0.25) is 0 Å². The first-order valence-corrected chi connectivity index (χ1v) is 7.09. The first kappa shape index (κ1) is 10.5. The van der Waals surface area contributed by atoms with Gasteiger partial charge in [0.25, 0.3) is 0 Å². The molecule has 1 N–H and O–H groups in total. The molecule has 0 amide bonds. The lowest BCUT2D eigenvalue weighted by atomic mass is 10.2. The lowest BCUT2D eigenvalue weighted by Gasteiger charge is -2.26. The van der Waals surface area contributed by atoms with Crippen molar-refractivity contribution in [3.05, 3.63) is 21.9 Å². The minimum Gasteiger partial charge on any atom is -0.301 e. The van der Waals surface area contributed by atoms with Crippen LogP contribution in [-0.4, -0.2) is 12.3 Å². The third-order valence-electron chi connectivity index (χ3n) is 2.49. The quantitative estimate of drug-likeness (QED) is 0.832. The maximum atomic E-state index is 3.60. The Morgan fingerprint density at radius 3 is 2.93 bits per heavy atom. The molecule has 2 unspecified atom stereocenters. The van der Waals surface area contributed by atoms with E-state index in [0.29, 0.717) is 5.37 Å². The van der Waals surface area contributed by atoms with Crippen molar-refractivity contribution >= 4 is 23.1 Å². The lowest BCUT2D eigenvalue weighted by molar-refractivity contribution is 0.532. The van der Waals surface area contributed by atoms with Crippen molar-refractivity contribution in [2.75, 3.05) is 12.3 Å². The van der Waals surface area contributed by atoms with E-state index >= 15 is 0 Å². The fourth-order valence-corrected chi connectivity index (χ4v) is 3.95. The van der Waals surface area contributed by atoms with E-state index in [1.165, 1.54) is 21.9 Å². The molecule has 14 heavy (non-hydrogen) atoms. The molecular formula is C11H17NS2. The van der Waals surface area contributed by atoms with Crippen LogP contribution in [-0.2, 0) is 6.42 Å². The molecule has 0 spiro atoms. The highest BCUT2D eigenvalue weighted by Crippen LogP contribution is 2.35. The molecule has 1 aliphatic rings. The highest BCUT2D eigenvalue weighted by atomic mass is 32.2. The molecular weight excluding hydrogens is 210 g/mol. The van der Waals surface area contributed by atoms with Gasteiger partial charge in [0, 0.05) is 9.75 Å². The zero-order valence-corrected chi connectivity index (χ0v) is 10.4. The molecule has 0 aliphatic carbocycles. The highest BCUT2D eigenvalue weighted by molar-refractivity contribution is 7.99. The van der Waals surface area contributed by atoms with Gasteiger partial charge < -0.3 is 5.32 Å². The van der Waals surface area contributed by atoms with E-state index in [9.17, 15) is 0 Å². The minimum atomic E-state index is 0.552. The van der Waals surface area contributed by atoms with Crippen LogP contribution in [0.25, 0.3) is 0 Å². The van der Waals surface area contributed by atoms with Crippen molar-refractivity contribution in [1.82, 2.24) is 5.32 Å². The van der Waals surface area contributed by atoms with Gasteiger partial charge in [-0.05, 0) is 36.8 Å². The summed E-state index contributed by atoms with van der Waals surface area (Å²) < 4.78 is 0. The molecule has 1 aromatic heterocycles. The second-order valence-electron chi connectivity index (χ2n) is 3.88. The highest BCUT2D eigenvalue weighted by Gasteiger charge is 2.20. The van der Waals surface area contributed by atoms with Crippen molar-refractivity contribution in [3.63, 3.8) is 0 Å². The van der Waals surface area contributed by atoms with E-state index in [-0.39, 0.29) is 0 Å². The van der Waals surface area contributed by atoms with E-state index in [1.807, 2.05) is 23.1 Å². The van der Waals surface area contributed by atoms with E-state index in [4.69, 9.17) is 0 Å². The van der Waals surface area contributed by atoms with Crippen LogP contribution in [0.15, 0.2) is 12.1 Å². The Morgan fingerprint density at radius 1 is 1.50 bits per heavy atom. The third kappa shape index (κ3) is 2.33. The zero-order valence-electron chi connectivity index (χ0n) is 8.75. The second-order valence-corrected chi connectivity index (χ2v) is 6.22. The summed E-state index contributed by atoms with van der Waals surface area (Å²) >= 11 is 4.00. The Kier molecular flexibility index (Phi) is 3.52. The van der Waals surface area contributed by atoms with Crippen LogP contribution in [0.4, 0.5) is 0 Å². The molecule has 0 saturated carbocycles. The summed E-state index contributed by atoms with van der Waals surface area (Å²) in [5.74, 6) is 2.11. The molecule has 3 heteroatoms. The average molecular weight is 227 g/mol. The number of rotatable bonds is 2. The number of thiophene rings is 1. The summed E-state index contributed by atoms with van der Waals surface area (Å²) in [5.41, 5.74) is 0. The minimum absolute atomic E-state index is 0.552. The SMILES string of the molecule is CCc1ccc(C2NCC(C)CS2)s1. The van der Waals surface area contributed by atoms with Crippen LogP contribution < -0.4 is 5.32 Å². The van der Waals surface area contributed by atoms with Gasteiger partial charge in [-0.25, -0.2) is 0 Å². The largest absolute Gasteiger partial charge is 0.301 e. The monoisotopic (exact) mass is 227 g/mol. The average Bonchev–Trinajstić information content (AvgIpc) is 2.67. The Morgan fingerprint density at radius 2 is 2.36 bits per heavy atom. The Bertz CT molecular complexity index is 287. The van der Waals surface area contributed by atoms with E-state index in [2.05, 4.69) is 31.3 Å². The predicted molar refractivity (Wildman–Crippen MR) is 66.1 cm³/mol. The van der Waals surface area contributed by atoms with Crippen LogP contribution in [0, 0.1) is 5.92 Å². The maximum absolute atomic E-state index is 3.60. The van der Waals surface area contributed by atoms with Gasteiger partial charge in [-0.1, -0.05) is 13.8 Å². The third-order valence-corrected chi connectivity index (χ3v) is 5.45. The second kappa shape index (κ2) is 4.69. The van der Waals surface area contributed by atoms with E-state index < -0.39 is 0 Å². The fourth-order valence-electron chi connectivity index (χ4n) is 1.59.